The molecule has 0 amide bonds. The topological polar surface area (TPSA) is 42.5 Å². The van der Waals surface area contributed by atoms with Gasteiger partial charge in [0.15, 0.2) is 0 Å². The van der Waals surface area contributed by atoms with Crippen LogP contribution in [-0.2, 0) is 0 Å². The lowest BCUT2D eigenvalue weighted by molar-refractivity contribution is 0.364. The number of benzene rings is 1. The van der Waals surface area contributed by atoms with Gasteiger partial charge in [0.2, 0.25) is 0 Å². The van der Waals surface area contributed by atoms with Gasteiger partial charge in [-0.15, -0.1) is 0 Å². The summed E-state index contributed by atoms with van der Waals surface area (Å²) in [5, 5.41) is 7.40. The molecule has 0 radical (unpaired) electrons. The van der Waals surface area contributed by atoms with E-state index in [1.807, 2.05) is 12.1 Å². The van der Waals surface area contributed by atoms with E-state index in [0.29, 0.717) is 12.1 Å². The average molecular weight is 320 g/mol. The summed E-state index contributed by atoms with van der Waals surface area (Å²) >= 11 is 0. The van der Waals surface area contributed by atoms with Crippen molar-refractivity contribution in [2.45, 2.75) is 64.1 Å². The first-order valence-electron chi connectivity index (χ1n) is 8.85. The summed E-state index contributed by atoms with van der Waals surface area (Å²) in [6.07, 6.45) is 6.49. The van der Waals surface area contributed by atoms with Crippen molar-refractivity contribution in [2.24, 2.45) is 0 Å². The second kappa shape index (κ2) is 9.14. The van der Waals surface area contributed by atoms with Gasteiger partial charge in [0.05, 0.1) is 14.2 Å². The van der Waals surface area contributed by atoms with Gasteiger partial charge in [-0.25, -0.2) is 0 Å². The van der Waals surface area contributed by atoms with E-state index in [-0.39, 0.29) is 6.04 Å². The van der Waals surface area contributed by atoms with E-state index in [0.717, 1.165) is 30.0 Å². The first-order chi connectivity index (χ1) is 11.1. The van der Waals surface area contributed by atoms with Gasteiger partial charge in [-0.1, -0.05) is 12.8 Å². The molecule has 0 spiro atoms. The third kappa shape index (κ3) is 5.40. The molecule has 4 heteroatoms. The maximum Gasteiger partial charge on any atom is 0.123 e. The maximum atomic E-state index is 5.51. The monoisotopic (exact) mass is 320 g/mol. The Balaban J connectivity index is 1.95. The van der Waals surface area contributed by atoms with Crippen molar-refractivity contribution in [1.82, 2.24) is 10.6 Å². The highest BCUT2D eigenvalue weighted by Gasteiger charge is 2.18. The van der Waals surface area contributed by atoms with E-state index in [1.54, 1.807) is 14.2 Å². The zero-order valence-corrected chi connectivity index (χ0v) is 15.0. The van der Waals surface area contributed by atoms with Crippen LogP contribution >= 0.6 is 0 Å². The first-order valence-corrected chi connectivity index (χ1v) is 8.85. The van der Waals surface area contributed by atoms with E-state index < -0.39 is 0 Å². The summed E-state index contributed by atoms with van der Waals surface area (Å²) < 4.78 is 10.9. The standard InChI is InChI=1S/C19H32N2O2/c1-14(12-16-8-6-5-7-11-20-16)21-15(2)18-13-17(22-3)9-10-19(18)23-4/h9-10,13-16,20-21H,5-8,11-12H2,1-4H3. The fourth-order valence-corrected chi connectivity index (χ4v) is 3.49. The molecule has 1 aliphatic heterocycles. The zero-order valence-electron chi connectivity index (χ0n) is 15.0. The Morgan fingerprint density at radius 3 is 2.74 bits per heavy atom. The number of methoxy groups -OCH3 is 2. The molecule has 1 aliphatic rings. The van der Waals surface area contributed by atoms with Crippen molar-refractivity contribution >= 4 is 0 Å². The second-order valence-electron chi connectivity index (χ2n) is 6.63. The van der Waals surface area contributed by atoms with E-state index in [4.69, 9.17) is 9.47 Å². The summed E-state index contributed by atoms with van der Waals surface area (Å²) in [6, 6.07) is 7.29. The van der Waals surface area contributed by atoms with Crippen LogP contribution in [0.4, 0.5) is 0 Å². The van der Waals surface area contributed by atoms with Crippen LogP contribution < -0.4 is 20.1 Å². The molecule has 1 heterocycles. The molecule has 0 bridgehead atoms. The van der Waals surface area contributed by atoms with Crippen LogP contribution in [0.2, 0.25) is 0 Å². The average Bonchev–Trinajstić information content (AvgIpc) is 2.82. The minimum atomic E-state index is 0.223. The molecule has 4 nitrogen and oxygen atoms in total. The molecule has 2 rings (SSSR count). The first kappa shape index (κ1) is 18.1. The summed E-state index contributed by atoms with van der Waals surface area (Å²) in [4.78, 5) is 0. The molecular weight excluding hydrogens is 288 g/mol. The lowest BCUT2D eigenvalue weighted by Crippen LogP contribution is -2.37. The molecular formula is C19H32N2O2. The molecule has 2 N–H and O–H groups in total. The van der Waals surface area contributed by atoms with Gasteiger partial charge < -0.3 is 20.1 Å². The minimum Gasteiger partial charge on any atom is -0.497 e. The third-order valence-corrected chi connectivity index (χ3v) is 4.74. The van der Waals surface area contributed by atoms with Crippen molar-refractivity contribution in [2.75, 3.05) is 20.8 Å². The summed E-state index contributed by atoms with van der Waals surface area (Å²) in [7, 11) is 3.42. The summed E-state index contributed by atoms with van der Waals surface area (Å²) in [5.41, 5.74) is 1.15. The Morgan fingerprint density at radius 1 is 1.17 bits per heavy atom. The Kier molecular flexibility index (Phi) is 7.18. The summed E-state index contributed by atoms with van der Waals surface area (Å²) in [6.45, 7) is 5.63. The molecule has 23 heavy (non-hydrogen) atoms. The highest BCUT2D eigenvalue weighted by atomic mass is 16.5. The van der Waals surface area contributed by atoms with Crippen LogP contribution in [0.3, 0.4) is 0 Å². The molecule has 1 saturated heterocycles. The van der Waals surface area contributed by atoms with Crippen LogP contribution in [0.15, 0.2) is 18.2 Å². The second-order valence-corrected chi connectivity index (χ2v) is 6.63. The highest BCUT2D eigenvalue weighted by molar-refractivity contribution is 5.42. The van der Waals surface area contributed by atoms with Crippen molar-refractivity contribution in [3.8, 4) is 11.5 Å². The van der Waals surface area contributed by atoms with E-state index in [9.17, 15) is 0 Å². The number of hydrogen-bond acceptors (Lipinski definition) is 4. The van der Waals surface area contributed by atoms with Crippen LogP contribution in [0, 0.1) is 0 Å². The molecule has 0 aliphatic carbocycles. The molecule has 1 fully saturated rings. The van der Waals surface area contributed by atoms with Crippen molar-refractivity contribution in [1.29, 1.82) is 0 Å². The Hall–Kier alpha value is -1.26. The predicted octanol–water partition coefficient (Wildman–Crippen LogP) is 3.67. The maximum absolute atomic E-state index is 5.51. The zero-order chi connectivity index (χ0) is 16.7. The van der Waals surface area contributed by atoms with E-state index in [2.05, 4.69) is 30.5 Å². The van der Waals surface area contributed by atoms with Crippen LogP contribution in [-0.4, -0.2) is 32.8 Å². The van der Waals surface area contributed by atoms with Crippen molar-refractivity contribution < 1.29 is 9.47 Å². The SMILES string of the molecule is COc1ccc(OC)c(C(C)NC(C)CC2CCCCCN2)c1. The van der Waals surface area contributed by atoms with Crippen molar-refractivity contribution in [3.05, 3.63) is 23.8 Å². The summed E-state index contributed by atoms with van der Waals surface area (Å²) in [5.74, 6) is 1.78. The molecule has 1 aromatic carbocycles. The van der Waals surface area contributed by atoms with Gasteiger partial charge in [-0.2, -0.15) is 0 Å². The molecule has 1 aromatic rings. The highest BCUT2D eigenvalue weighted by Crippen LogP contribution is 2.29. The van der Waals surface area contributed by atoms with Crippen LogP contribution in [0.25, 0.3) is 0 Å². The number of rotatable bonds is 7. The smallest absolute Gasteiger partial charge is 0.123 e. The lowest BCUT2D eigenvalue weighted by atomic mass is 10.0. The molecule has 0 aromatic heterocycles. The molecule has 130 valence electrons. The Morgan fingerprint density at radius 2 is 2.00 bits per heavy atom. The minimum absolute atomic E-state index is 0.223. The fourth-order valence-electron chi connectivity index (χ4n) is 3.49. The number of hydrogen-bond donors (Lipinski definition) is 2. The van der Waals surface area contributed by atoms with E-state index in [1.165, 1.54) is 25.7 Å². The lowest BCUT2D eigenvalue weighted by Gasteiger charge is -2.26. The molecule has 3 unspecified atom stereocenters. The van der Waals surface area contributed by atoms with Gasteiger partial charge in [-0.05, 0) is 57.9 Å². The normalized spacial score (nSPS) is 21.3. The van der Waals surface area contributed by atoms with Gasteiger partial charge in [0, 0.05) is 23.7 Å². The number of nitrogens with one attached hydrogen (secondary N) is 2. The van der Waals surface area contributed by atoms with Gasteiger partial charge >= 0.3 is 0 Å². The quantitative estimate of drug-likeness (QED) is 0.804. The fraction of sp³-hybridized carbons (Fsp3) is 0.684. The predicted molar refractivity (Wildman–Crippen MR) is 95.4 cm³/mol. The largest absolute Gasteiger partial charge is 0.497 e. The molecule has 3 atom stereocenters. The van der Waals surface area contributed by atoms with Gasteiger partial charge in [-0.3, -0.25) is 0 Å². The van der Waals surface area contributed by atoms with Crippen molar-refractivity contribution in [3.63, 3.8) is 0 Å². The Bertz CT molecular complexity index is 470. The number of ether oxygens (including phenoxy) is 2. The van der Waals surface area contributed by atoms with Crippen LogP contribution in [0.5, 0.6) is 11.5 Å². The van der Waals surface area contributed by atoms with Crippen LogP contribution in [0.1, 0.15) is 57.6 Å². The third-order valence-electron chi connectivity index (χ3n) is 4.74. The molecule has 0 saturated carbocycles. The van der Waals surface area contributed by atoms with Gasteiger partial charge in [0.1, 0.15) is 11.5 Å². The Labute approximate surface area is 140 Å². The van der Waals surface area contributed by atoms with E-state index >= 15 is 0 Å². The van der Waals surface area contributed by atoms with Gasteiger partial charge in [0.25, 0.3) is 0 Å².